The van der Waals surface area contributed by atoms with Crippen LogP contribution in [0.25, 0.3) is 22.2 Å². The quantitative estimate of drug-likeness (QED) is 0.159. The number of nitrogens with zero attached hydrogens (tertiary/aromatic N) is 2. The molecular formula is C32H32N4O9S. The van der Waals surface area contributed by atoms with E-state index in [4.69, 9.17) is 14.2 Å². The SMILES string of the molecule is CC(=O)OCC1=C(C(=O)OC(C)(C)C)N2C(=O)[C@@H](NC(=O)COc3ccc4c(c3)CCc3c-4[nH]c4cc([N+](=O)[O-])ccc34)[C@H]2SC1. The van der Waals surface area contributed by atoms with Crippen molar-refractivity contribution in [3.05, 3.63) is 68.9 Å². The van der Waals surface area contributed by atoms with E-state index in [0.717, 1.165) is 40.6 Å². The molecule has 2 amide bonds. The summed E-state index contributed by atoms with van der Waals surface area (Å²) in [5.41, 5.74) is 4.41. The Morgan fingerprint density at radius 2 is 1.93 bits per heavy atom. The number of esters is 2. The molecule has 240 valence electrons. The number of hydrogen-bond acceptors (Lipinski definition) is 10. The molecule has 3 aliphatic rings. The van der Waals surface area contributed by atoms with Gasteiger partial charge in [-0.1, -0.05) is 0 Å². The third-order valence-corrected chi connectivity index (χ3v) is 9.21. The van der Waals surface area contributed by atoms with Gasteiger partial charge >= 0.3 is 11.9 Å². The normalized spacial score (nSPS) is 18.6. The van der Waals surface area contributed by atoms with Crippen LogP contribution >= 0.6 is 11.8 Å². The Kier molecular flexibility index (Phi) is 8.00. The van der Waals surface area contributed by atoms with Crippen LogP contribution in [0.4, 0.5) is 5.69 Å². The summed E-state index contributed by atoms with van der Waals surface area (Å²) in [6.45, 7) is 5.92. The topological polar surface area (TPSA) is 170 Å². The average molecular weight is 649 g/mol. The number of carbonyl (C=O) groups excluding carboxylic acids is 4. The molecule has 14 heteroatoms. The number of β-lactam (4-membered cyclic amide) rings is 1. The van der Waals surface area contributed by atoms with E-state index in [1.807, 2.05) is 12.1 Å². The first-order chi connectivity index (χ1) is 21.8. The summed E-state index contributed by atoms with van der Waals surface area (Å²) in [7, 11) is 0. The maximum Gasteiger partial charge on any atom is 0.355 e. The number of H-pyrrole nitrogens is 1. The first-order valence-corrected chi connectivity index (χ1v) is 15.7. The number of benzene rings is 2. The Morgan fingerprint density at radius 1 is 1.15 bits per heavy atom. The molecular weight excluding hydrogens is 616 g/mol. The molecule has 0 unspecified atom stereocenters. The standard InChI is InChI=1S/C32H32N4O9S/c1-16(37)43-13-18-15-46-30-27(29(39)35(30)28(18)31(40)45-32(2,3)4)34-25(38)14-44-20-7-10-21-17(11-20)5-8-23-22-9-6-19(36(41)42)12-24(22)33-26(21)23/h6-7,9-12,27,30,33H,5,8,13-15H2,1-4H3,(H,34,38)/t27-,30-/m1/s1. The predicted octanol–water partition coefficient (Wildman–Crippen LogP) is 3.78. The summed E-state index contributed by atoms with van der Waals surface area (Å²) in [5.74, 6) is -1.39. The van der Waals surface area contributed by atoms with Gasteiger partial charge in [0.2, 0.25) is 0 Å². The second-order valence-electron chi connectivity index (χ2n) is 12.3. The Bertz CT molecular complexity index is 1840. The van der Waals surface area contributed by atoms with E-state index in [0.29, 0.717) is 22.6 Å². The number of fused-ring (bicyclic) bond motifs is 6. The van der Waals surface area contributed by atoms with Crippen molar-refractivity contribution >= 4 is 52.1 Å². The van der Waals surface area contributed by atoms with E-state index in [2.05, 4.69) is 10.3 Å². The predicted molar refractivity (Wildman–Crippen MR) is 168 cm³/mol. The number of amides is 2. The number of rotatable bonds is 8. The van der Waals surface area contributed by atoms with Crippen molar-refractivity contribution in [3.8, 4) is 17.0 Å². The Labute approximate surface area is 267 Å². The summed E-state index contributed by atoms with van der Waals surface area (Å²) < 4.78 is 16.4. The average Bonchev–Trinajstić information content (AvgIpc) is 3.38. The van der Waals surface area contributed by atoms with Crippen LogP contribution in [0, 0.1) is 10.1 Å². The molecule has 3 heterocycles. The zero-order valence-corrected chi connectivity index (χ0v) is 26.4. The number of carbonyl (C=O) groups is 4. The van der Waals surface area contributed by atoms with Crippen LogP contribution in [-0.4, -0.2) is 74.5 Å². The van der Waals surface area contributed by atoms with Crippen molar-refractivity contribution in [2.45, 2.75) is 57.6 Å². The summed E-state index contributed by atoms with van der Waals surface area (Å²) in [6, 6.07) is 9.48. The van der Waals surface area contributed by atoms with E-state index < -0.39 is 45.7 Å². The van der Waals surface area contributed by atoms with Gasteiger partial charge in [-0.3, -0.25) is 29.4 Å². The van der Waals surface area contributed by atoms with Gasteiger partial charge in [0.05, 0.1) is 10.4 Å². The second kappa shape index (κ2) is 11.8. The molecule has 1 saturated heterocycles. The fourth-order valence-corrected chi connectivity index (χ4v) is 7.21. The molecule has 2 aromatic carbocycles. The fraction of sp³-hybridized carbons (Fsp3) is 0.375. The molecule has 1 aliphatic carbocycles. The Balaban J connectivity index is 1.11. The van der Waals surface area contributed by atoms with E-state index in [1.54, 1.807) is 32.9 Å². The van der Waals surface area contributed by atoms with Gasteiger partial charge in [-0.2, -0.15) is 0 Å². The van der Waals surface area contributed by atoms with Gasteiger partial charge in [0.1, 0.15) is 35.1 Å². The summed E-state index contributed by atoms with van der Waals surface area (Å²) in [4.78, 5) is 66.0. The van der Waals surface area contributed by atoms with E-state index in [-0.39, 0.29) is 24.6 Å². The smallest absolute Gasteiger partial charge is 0.355 e. The lowest BCUT2D eigenvalue weighted by molar-refractivity contribution is -0.384. The fourth-order valence-electron chi connectivity index (χ4n) is 5.88. The molecule has 2 aliphatic heterocycles. The minimum Gasteiger partial charge on any atom is -0.484 e. The lowest BCUT2D eigenvalue weighted by atomic mass is 9.89. The van der Waals surface area contributed by atoms with Crippen molar-refractivity contribution in [2.75, 3.05) is 19.0 Å². The molecule has 0 bridgehead atoms. The van der Waals surface area contributed by atoms with Gasteiger partial charge in [-0.25, -0.2) is 4.79 Å². The number of aromatic nitrogens is 1. The van der Waals surface area contributed by atoms with Crippen molar-refractivity contribution in [3.63, 3.8) is 0 Å². The molecule has 46 heavy (non-hydrogen) atoms. The first kappa shape index (κ1) is 31.1. The summed E-state index contributed by atoms with van der Waals surface area (Å²) in [5, 5.41) is 14.4. The molecule has 1 aromatic heterocycles. The highest BCUT2D eigenvalue weighted by molar-refractivity contribution is 8.00. The van der Waals surface area contributed by atoms with E-state index in [9.17, 15) is 29.3 Å². The summed E-state index contributed by atoms with van der Waals surface area (Å²) >= 11 is 1.35. The zero-order chi connectivity index (χ0) is 32.9. The molecule has 2 N–H and O–H groups in total. The van der Waals surface area contributed by atoms with Crippen LogP contribution in [0.5, 0.6) is 5.75 Å². The lowest BCUT2D eigenvalue weighted by Crippen LogP contribution is -2.71. The molecule has 3 aromatic rings. The molecule has 0 radical (unpaired) electrons. The number of nitro benzene ring substituents is 1. The number of thioether (sulfide) groups is 1. The third kappa shape index (κ3) is 5.91. The lowest BCUT2D eigenvalue weighted by Gasteiger charge is -2.49. The molecule has 1 fully saturated rings. The minimum absolute atomic E-state index is 0.0238. The molecule has 2 atom stereocenters. The largest absolute Gasteiger partial charge is 0.484 e. The van der Waals surface area contributed by atoms with Crippen molar-refractivity contribution in [2.24, 2.45) is 0 Å². The number of nitrogens with one attached hydrogen (secondary N) is 2. The molecule has 13 nitrogen and oxygen atoms in total. The Morgan fingerprint density at radius 3 is 2.65 bits per heavy atom. The maximum atomic E-state index is 13.2. The van der Waals surface area contributed by atoms with Crippen molar-refractivity contribution < 1.29 is 38.3 Å². The highest BCUT2D eigenvalue weighted by Crippen LogP contribution is 2.42. The van der Waals surface area contributed by atoms with Crippen LogP contribution in [0.1, 0.15) is 38.8 Å². The number of non-ortho nitro benzene ring substituents is 1. The van der Waals surface area contributed by atoms with Crippen LogP contribution in [0.15, 0.2) is 47.7 Å². The maximum absolute atomic E-state index is 13.2. The van der Waals surface area contributed by atoms with Gasteiger partial charge in [-0.05, 0) is 69.0 Å². The highest BCUT2D eigenvalue weighted by atomic mass is 32.2. The van der Waals surface area contributed by atoms with Gasteiger partial charge < -0.3 is 24.5 Å². The third-order valence-electron chi connectivity index (χ3n) is 7.87. The van der Waals surface area contributed by atoms with Crippen LogP contribution in [0.3, 0.4) is 0 Å². The highest BCUT2D eigenvalue weighted by Gasteiger charge is 2.54. The molecule has 0 spiro atoms. The van der Waals surface area contributed by atoms with Gasteiger partial charge in [0.25, 0.3) is 17.5 Å². The van der Waals surface area contributed by atoms with Gasteiger partial charge in [-0.15, -0.1) is 11.8 Å². The van der Waals surface area contributed by atoms with Crippen LogP contribution in [-0.2, 0) is 41.5 Å². The van der Waals surface area contributed by atoms with Gasteiger partial charge in [0, 0.05) is 47.0 Å². The monoisotopic (exact) mass is 648 g/mol. The number of aromatic amines is 1. The van der Waals surface area contributed by atoms with E-state index >= 15 is 0 Å². The minimum atomic E-state index is -0.867. The number of ether oxygens (including phenoxy) is 3. The van der Waals surface area contributed by atoms with E-state index in [1.165, 1.54) is 35.7 Å². The molecule has 0 saturated carbocycles. The first-order valence-electron chi connectivity index (χ1n) is 14.7. The second-order valence-corrected chi connectivity index (χ2v) is 13.4. The number of nitro groups is 1. The van der Waals surface area contributed by atoms with Crippen molar-refractivity contribution in [1.29, 1.82) is 0 Å². The van der Waals surface area contributed by atoms with Crippen molar-refractivity contribution in [1.82, 2.24) is 15.2 Å². The van der Waals surface area contributed by atoms with Gasteiger partial charge in [0.15, 0.2) is 6.61 Å². The summed E-state index contributed by atoms with van der Waals surface area (Å²) in [6.07, 6.45) is 1.47. The number of aryl methyl sites for hydroxylation is 2. The van der Waals surface area contributed by atoms with Crippen LogP contribution in [0.2, 0.25) is 0 Å². The number of hydrogen-bond donors (Lipinski definition) is 2. The zero-order valence-electron chi connectivity index (χ0n) is 25.6. The Hall–Kier alpha value is -4.85. The van der Waals surface area contributed by atoms with Crippen LogP contribution < -0.4 is 10.1 Å². The molecule has 6 rings (SSSR count).